The van der Waals surface area contributed by atoms with Crippen LogP contribution in [0.2, 0.25) is 5.02 Å². The first-order chi connectivity index (χ1) is 27.5. The number of carbonyl (C=O) groups excluding carboxylic acids is 3. The first kappa shape index (κ1) is 41.5. The lowest BCUT2D eigenvalue weighted by molar-refractivity contribution is -0.146. The van der Waals surface area contributed by atoms with Crippen molar-refractivity contribution < 1.29 is 43.2 Å². The quantitative estimate of drug-likeness (QED) is 0.143. The second-order valence-corrected chi connectivity index (χ2v) is 18.3. The van der Waals surface area contributed by atoms with Crippen molar-refractivity contribution in [3.8, 4) is 22.9 Å². The fraction of sp³-hybridized carbons (Fsp3) is 0.561. The van der Waals surface area contributed by atoms with Crippen molar-refractivity contribution >= 4 is 62.8 Å². The molecule has 3 aliphatic heterocycles. The van der Waals surface area contributed by atoms with Gasteiger partial charge in [-0.3, -0.25) is 9.59 Å². The normalized spacial score (nSPS) is 26.9. The molecule has 4 fully saturated rings. The third kappa shape index (κ3) is 8.41. The Hall–Kier alpha value is -4.67. The van der Waals surface area contributed by atoms with Gasteiger partial charge in [-0.05, 0) is 50.7 Å². The molecule has 0 spiro atoms. The highest BCUT2D eigenvalue weighted by atomic mass is 35.5. The number of hydrogen-bond donors (Lipinski definition) is 4. The highest BCUT2D eigenvalue weighted by Gasteiger charge is 2.61. The number of nitrogens with zero attached hydrogens (tertiary/aromatic N) is 3. The number of ether oxygens (including phenoxy) is 4. The molecule has 0 radical (unpaired) electrons. The van der Waals surface area contributed by atoms with Crippen LogP contribution in [0.1, 0.15) is 73.1 Å². The fourth-order valence-electron chi connectivity index (χ4n) is 8.20. The lowest BCUT2D eigenvalue weighted by Crippen LogP contribution is -2.59. The number of carboxylic acids is 1. The van der Waals surface area contributed by atoms with Crippen molar-refractivity contribution in [3.63, 3.8) is 0 Å². The Morgan fingerprint density at radius 1 is 1.09 bits per heavy atom. The number of likely N-dealkylation sites (tertiary alicyclic amines) is 1. The number of hydrogen-bond acceptors (Lipinski definition) is 12. The molecule has 4 N–H and O–H groups in total. The Morgan fingerprint density at radius 2 is 1.81 bits per heavy atom. The van der Waals surface area contributed by atoms with Crippen LogP contribution in [-0.4, -0.2) is 106 Å². The monoisotopic (exact) mass is 838 g/mol. The van der Waals surface area contributed by atoms with Gasteiger partial charge in [-0.2, -0.15) is 0 Å². The summed E-state index contributed by atoms with van der Waals surface area (Å²) in [6.45, 7) is 13.1. The summed E-state index contributed by atoms with van der Waals surface area (Å²) in [5.41, 5.74) is -0.893. The van der Waals surface area contributed by atoms with Crippen LogP contribution in [0.15, 0.2) is 36.2 Å². The van der Waals surface area contributed by atoms with Crippen LogP contribution in [0, 0.1) is 11.3 Å². The molecule has 58 heavy (non-hydrogen) atoms. The van der Waals surface area contributed by atoms with Crippen LogP contribution < -0.4 is 25.4 Å². The molecule has 15 nitrogen and oxygen atoms in total. The molecule has 8 atom stereocenters. The molecule has 5 heterocycles. The third-order valence-electron chi connectivity index (χ3n) is 11.3. The molecule has 3 amide bonds. The molecular formula is C41H51ClN6O9S. The molecule has 1 aromatic carbocycles. The van der Waals surface area contributed by atoms with Crippen molar-refractivity contribution in [1.29, 1.82) is 0 Å². The van der Waals surface area contributed by atoms with Gasteiger partial charge in [0.05, 0.1) is 37.1 Å². The number of aliphatic carboxylic acids is 1. The van der Waals surface area contributed by atoms with E-state index in [1.807, 2.05) is 40.0 Å². The van der Waals surface area contributed by atoms with E-state index in [1.165, 1.54) is 29.4 Å². The summed E-state index contributed by atoms with van der Waals surface area (Å²) in [4.78, 5) is 65.8. The Labute approximate surface area is 346 Å². The molecule has 3 saturated heterocycles. The summed E-state index contributed by atoms with van der Waals surface area (Å²) in [6, 6.07) is 3.12. The summed E-state index contributed by atoms with van der Waals surface area (Å²) in [7, 11) is 1.51. The Balaban J connectivity index is 1.20. The number of aromatic nitrogens is 2. The lowest BCUT2D eigenvalue weighted by Gasteiger charge is -2.36. The van der Waals surface area contributed by atoms with E-state index in [1.54, 1.807) is 18.2 Å². The highest BCUT2D eigenvalue weighted by Crippen LogP contribution is 2.45. The van der Waals surface area contributed by atoms with Gasteiger partial charge in [0.25, 0.3) is 0 Å². The van der Waals surface area contributed by atoms with Crippen LogP contribution in [0.25, 0.3) is 22.3 Å². The van der Waals surface area contributed by atoms with E-state index in [-0.39, 0.29) is 48.8 Å². The number of amides is 3. The predicted molar refractivity (Wildman–Crippen MR) is 218 cm³/mol. The average molecular weight is 839 g/mol. The smallest absolute Gasteiger partial charge is 0.408 e. The average Bonchev–Trinajstić information content (AvgIpc) is 3.42. The van der Waals surface area contributed by atoms with Gasteiger partial charge in [0.2, 0.25) is 11.8 Å². The molecule has 1 aliphatic carbocycles. The summed E-state index contributed by atoms with van der Waals surface area (Å²) >= 11 is 8.25. The van der Waals surface area contributed by atoms with Gasteiger partial charge in [0.15, 0.2) is 5.13 Å². The Bertz CT molecular complexity index is 2090. The zero-order chi connectivity index (χ0) is 41.7. The maximum atomic E-state index is 14.7. The van der Waals surface area contributed by atoms with Crippen molar-refractivity contribution in [2.24, 2.45) is 11.3 Å². The van der Waals surface area contributed by atoms with Gasteiger partial charge >= 0.3 is 12.1 Å². The van der Waals surface area contributed by atoms with Crippen LogP contribution in [0.5, 0.6) is 11.5 Å². The number of pyridine rings is 1. The van der Waals surface area contributed by atoms with Gasteiger partial charge in [-0.15, -0.1) is 17.9 Å². The molecule has 2 aromatic heterocycles. The second-order valence-electron chi connectivity index (χ2n) is 17.0. The number of halogens is 1. The van der Waals surface area contributed by atoms with Crippen LogP contribution in [0.4, 0.5) is 9.93 Å². The number of thiazole rings is 1. The van der Waals surface area contributed by atoms with Crippen LogP contribution in [-0.2, 0) is 23.9 Å². The summed E-state index contributed by atoms with van der Waals surface area (Å²) in [5, 5.41) is 22.4. The van der Waals surface area contributed by atoms with E-state index in [4.69, 9.17) is 40.5 Å². The van der Waals surface area contributed by atoms with Gasteiger partial charge in [-0.25, -0.2) is 19.6 Å². The number of rotatable bonds is 13. The molecule has 2 bridgehead atoms. The van der Waals surface area contributed by atoms with Gasteiger partial charge < -0.3 is 44.9 Å². The van der Waals surface area contributed by atoms with E-state index in [9.17, 15) is 24.3 Å². The van der Waals surface area contributed by atoms with Crippen molar-refractivity contribution in [2.45, 2.75) is 121 Å². The Morgan fingerprint density at radius 3 is 2.43 bits per heavy atom. The molecule has 312 valence electrons. The zero-order valence-electron chi connectivity index (χ0n) is 33.5. The number of alkyl carbamates (subject to hydrolysis) is 1. The van der Waals surface area contributed by atoms with Crippen molar-refractivity contribution in [1.82, 2.24) is 25.5 Å². The predicted octanol–water partition coefficient (Wildman–Crippen LogP) is 6.19. The standard InChI is InChI=1S/C41H51ClN6O9S/c1-8-21-17-41(21,37(51)52)47-35(49)29-15-25(18-48(29)36(50)34(40(4,5)6)46-39(53)57-24-13-22-9-10-23(14-24)55-22)56-31-16-27(28-19-58-38(45-28)43-20(2)3)44-33-26(31)11-12-30(54-7)32(33)42/h8,11-12,16,19-25,29,34H,1,9-10,13-15,17-18H2,2-7H3,(H,43,45)(H,46,53)(H,47,49)(H,51,52)/t21-,22-,23+,24?,25-,29+,34-,41-/m1/s1. The minimum Gasteiger partial charge on any atom is -0.495 e. The largest absolute Gasteiger partial charge is 0.495 e. The number of carboxylic acid groups (broad SMARTS) is 1. The second kappa shape index (κ2) is 16.2. The van der Waals surface area contributed by atoms with Crippen molar-refractivity contribution in [3.05, 3.63) is 41.3 Å². The summed E-state index contributed by atoms with van der Waals surface area (Å²) < 4.78 is 23.9. The van der Waals surface area contributed by atoms with Gasteiger partial charge in [0.1, 0.15) is 52.0 Å². The molecular weight excluding hydrogens is 788 g/mol. The van der Waals surface area contributed by atoms with E-state index < -0.39 is 58.9 Å². The fourth-order valence-corrected chi connectivity index (χ4v) is 9.33. The Kier molecular flexibility index (Phi) is 11.6. The SMILES string of the molecule is C=C[C@@H]1C[C@]1(NC(=O)[C@@H]1C[C@@H](Oc2cc(-c3csc(NC(C)C)n3)nc3c(Cl)c(OC)ccc23)CN1C(=O)[C@@H](NC(=O)OC1C[C@H]2CC[C@@H](C1)O2)C(C)(C)C)C(=O)O. The summed E-state index contributed by atoms with van der Waals surface area (Å²) in [5.74, 6) is -2.07. The molecule has 7 rings (SSSR count). The highest BCUT2D eigenvalue weighted by molar-refractivity contribution is 7.14. The molecule has 4 aliphatic rings. The van der Waals surface area contributed by atoms with E-state index in [0.29, 0.717) is 51.8 Å². The van der Waals surface area contributed by atoms with Gasteiger partial charge in [0, 0.05) is 48.1 Å². The first-order valence-corrected chi connectivity index (χ1v) is 20.9. The van der Waals surface area contributed by atoms with E-state index in [2.05, 4.69) is 22.5 Å². The van der Waals surface area contributed by atoms with Crippen LogP contribution in [0.3, 0.4) is 0 Å². The topological polar surface area (TPSA) is 191 Å². The first-order valence-electron chi connectivity index (χ1n) is 19.7. The molecule has 1 unspecified atom stereocenters. The van der Waals surface area contributed by atoms with Crippen molar-refractivity contribution in [2.75, 3.05) is 19.0 Å². The minimum atomic E-state index is -1.54. The number of fused-ring (bicyclic) bond motifs is 3. The molecule has 17 heteroatoms. The van der Waals surface area contributed by atoms with Crippen LogP contribution >= 0.6 is 22.9 Å². The number of anilines is 1. The van der Waals surface area contributed by atoms with E-state index >= 15 is 0 Å². The lowest BCUT2D eigenvalue weighted by atomic mass is 9.85. The third-order valence-corrected chi connectivity index (χ3v) is 12.4. The number of nitrogens with one attached hydrogen (secondary N) is 3. The zero-order valence-corrected chi connectivity index (χ0v) is 35.1. The molecule has 3 aromatic rings. The maximum absolute atomic E-state index is 14.7. The van der Waals surface area contributed by atoms with Gasteiger partial charge in [-0.1, -0.05) is 38.4 Å². The minimum absolute atomic E-state index is 0.0143. The number of benzene rings is 1. The number of carbonyl (C=O) groups is 4. The van der Waals surface area contributed by atoms with E-state index in [0.717, 1.165) is 12.8 Å². The molecule has 1 saturated carbocycles. The number of methoxy groups -OCH3 is 1. The maximum Gasteiger partial charge on any atom is 0.408 e. The summed E-state index contributed by atoms with van der Waals surface area (Å²) in [6.07, 6.45) is 2.97.